The molecule has 1 N–H and O–H groups in total. The van der Waals surface area contributed by atoms with Gasteiger partial charge in [-0.05, 0) is 42.0 Å². The SMILES string of the molecule is CC(=O)Nc1cccc(OC(=O)COc2ccc(OCc3ccccc3)cc2)c1. The Morgan fingerprint density at radius 1 is 0.793 bits per heavy atom. The van der Waals surface area contributed by atoms with Crippen LogP contribution in [-0.4, -0.2) is 18.5 Å². The summed E-state index contributed by atoms with van der Waals surface area (Å²) in [6, 6.07) is 23.5. The van der Waals surface area contributed by atoms with E-state index in [1.165, 1.54) is 6.92 Å². The van der Waals surface area contributed by atoms with Crippen LogP contribution in [0.5, 0.6) is 17.2 Å². The average Bonchev–Trinajstić information content (AvgIpc) is 2.72. The lowest BCUT2D eigenvalue weighted by atomic mass is 10.2. The standard InChI is InChI=1S/C23H21NO5/c1-17(25)24-19-8-5-9-22(14-19)29-23(26)16-28-21-12-10-20(11-13-21)27-15-18-6-3-2-4-7-18/h2-14H,15-16H2,1H3,(H,24,25). The van der Waals surface area contributed by atoms with Gasteiger partial charge in [-0.15, -0.1) is 0 Å². The van der Waals surface area contributed by atoms with Crippen LogP contribution in [-0.2, 0) is 16.2 Å². The molecule has 0 bridgehead atoms. The van der Waals surface area contributed by atoms with E-state index in [-0.39, 0.29) is 12.5 Å². The highest BCUT2D eigenvalue weighted by atomic mass is 16.6. The minimum atomic E-state index is -0.547. The molecule has 0 fully saturated rings. The first-order valence-electron chi connectivity index (χ1n) is 9.06. The molecule has 6 nitrogen and oxygen atoms in total. The summed E-state index contributed by atoms with van der Waals surface area (Å²) in [7, 11) is 0. The lowest BCUT2D eigenvalue weighted by Gasteiger charge is -2.09. The fraction of sp³-hybridized carbons (Fsp3) is 0.130. The summed E-state index contributed by atoms with van der Waals surface area (Å²) in [6.45, 7) is 1.64. The summed E-state index contributed by atoms with van der Waals surface area (Å²) in [5.74, 6) is 0.816. The van der Waals surface area contributed by atoms with Gasteiger partial charge in [0.2, 0.25) is 5.91 Å². The van der Waals surface area contributed by atoms with E-state index in [2.05, 4.69) is 5.32 Å². The Morgan fingerprint density at radius 3 is 2.17 bits per heavy atom. The first-order chi connectivity index (χ1) is 14.1. The molecule has 0 aliphatic heterocycles. The van der Waals surface area contributed by atoms with Crippen LogP contribution in [0, 0.1) is 0 Å². The number of ether oxygens (including phenoxy) is 3. The summed E-state index contributed by atoms with van der Waals surface area (Å²) in [6.07, 6.45) is 0. The molecule has 148 valence electrons. The fourth-order valence-electron chi connectivity index (χ4n) is 2.52. The number of esters is 1. The third-order valence-electron chi connectivity index (χ3n) is 3.81. The predicted molar refractivity (Wildman–Crippen MR) is 109 cm³/mol. The van der Waals surface area contributed by atoms with Crippen molar-refractivity contribution in [2.24, 2.45) is 0 Å². The van der Waals surface area contributed by atoms with E-state index in [1.54, 1.807) is 48.5 Å². The highest BCUT2D eigenvalue weighted by Gasteiger charge is 2.08. The number of nitrogens with one attached hydrogen (secondary N) is 1. The van der Waals surface area contributed by atoms with E-state index in [9.17, 15) is 9.59 Å². The van der Waals surface area contributed by atoms with Crippen molar-refractivity contribution in [1.82, 2.24) is 0 Å². The lowest BCUT2D eigenvalue weighted by molar-refractivity contribution is -0.136. The molecule has 3 aromatic carbocycles. The largest absolute Gasteiger partial charge is 0.489 e. The maximum atomic E-state index is 12.0. The van der Waals surface area contributed by atoms with E-state index >= 15 is 0 Å². The topological polar surface area (TPSA) is 73.9 Å². The van der Waals surface area contributed by atoms with Crippen LogP contribution in [0.1, 0.15) is 12.5 Å². The van der Waals surface area contributed by atoms with Crippen LogP contribution in [0.25, 0.3) is 0 Å². The van der Waals surface area contributed by atoms with Gasteiger partial charge < -0.3 is 19.5 Å². The highest BCUT2D eigenvalue weighted by molar-refractivity contribution is 5.89. The van der Waals surface area contributed by atoms with Crippen LogP contribution in [0.2, 0.25) is 0 Å². The van der Waals surface area contributed by atoms with Crippen LogP contribution >= 0.6 is 0 Å². The molecular formula is C23H21NO5. The number of hydrogen-bond donors (Lipinski definition) is 1. The van der Waals surface area contributed by atoms with Crippen molar-refractivity contribution in [2.75, 3.05) is 11.9 Å². The van der Waals surface area contributed by atoms with Gasteiger partial charge in [0.15, 0.2) is 6.61 Å². The van der Waals surface area contributed by atoms with Crippen molar-refractivity contribution in [3.8, 4) is 17.2 Å². The summed E-state index contributed by atoms with van der Waals surface area (Å²) in [5.41, 5.74) is 1.63. The molecule has 0 spiro atoms. The van der Waals surface area contributed by atoms with E-state index < -0.39 is 5.97 Å². The minimum Gasteiger partial charge on any atom is -0.489 e. The molecule has 1 amide bonds. The zero-order chi connectivity index (χ0) is 20.5. The van der Waals surface area contributed by atoms with Crippen molar-refractivity contribution in [1.29, 1.82) is 0 Å². The van der Waals surface area contributed by atoms with Gasteiger partial charge in [-0.2, -0.15) is 0 Å². The zero-order valence-corrected chi connectivity index (χ0v) is 16.0. The van der Waals surface area contributed by atoms with Gasteiger partial charge >= 0.3 is 5.97 Å². The quantitative estimate of drug-likeness (QED) is 0.460. The Labute approximate surface area is 169 Å². The summed E-state index contributed by atoms with van der Waals surface area (Å²) in [4.78, 5) is 23.1. The van der Waals surface area contributed by atoms with E-state index in [0.717, 1.165) is 5.56 Å². The van der Waals surface area contributed by atoms with E-state index in [1.807, 2.05) is 30.3 Å². The first kappa shape index (κ1) is 19.9. The van der Waals surface area contributed by atoms with Gasteiger partial charge in [-0.25, -0.2) is 4.79 Å². The third kappa shape index (κ3) is 6.70. The van der Waals surface area contributed by atoms with Gasteiger partial charge in [-0.3, -0.25) is 4.79 Å². The van der Waals surface area contributed by atoms with Crippen LogP contribution in [0.15, 0.2) is 78.9 Å². The Kier molecular flexibility index (Phi) is 6.84. The number of anilines is 1. The molecule has 0 heterocycles. The van der Waals surface area contributed by atoms with Gasteiger partial charge in [-0.1, -0.05) is 36.4 Å². The Balaban J connectivity index is 1.46. The molecule has 6 heteroatoms. The second-order valence-corrected chi connectivity index (χ2v) is 6.22. The average molecular weight is 391 g/mol. The molecule has 0 aromatic heterocycles. The number of benzene rings is 3. The van der Waals surface area contributed by atoms with Crippen LogP contribution in [0.4, 0.5) is 5.69 Å². The van der Waals surface area contributed by atoms with E-state index in [4.69, 9.17) is 14.2 Å². The van der Waals surface area contributed by atoms with Crippen molar-refractivity contribution in [3.05, 3.63) is 84.4 Å². The maximum absolute atomic E-state index is 12.0. The lowest BCUT2D eigenvalue weighted by Crippen LogP contribution is -2.17. The zero-order valence-electron chi connectivity index (χ0n) is 16.0. The highest BCUT2D eigenvalue weighted by Crippen LogP contribution is 2.20. The van der Waals surface area contributed by atoms with Crippen molar-refractivity contribution in [2.45, 2.75) is 13.5 Å². The van der Waals surface area contributed by atoms with E-state index in [0.29, 0.717) is 29.5 Å². The predicted octanol–water partition coefficient (Wildman–Crippen LogP) is 4.21. The Hall–Kier alpha value is -3.80. The maximum Gasteiger partial charge on any atom is 0.349 e. The van der Waals surface area contributed by atoms with Crippen molar-refractivity contribution >= 4 is 17.6 Å². The van der Waals surface area contributed by atoms with Gasteiger partial charge in [0.25, 0.3) is 0 Å². The van der Waals surface area contributed by atoms with Gasteiger partial charge in [0.05, 0.1) is 0 Å². The molecule has 0 aliphatic rings. The van der Waals surface area contributed by atoms with Crippen LogP contribution < -0.4 is 19.5 Å². The minimum absolute atomic E-state index is 0.201. The molecule has 0 saturated carbocycles. The Morgan fingerprint density at radius 2 is 1.48 bits per heavy atom. The number of carbonyl (C=O) groups excluding carboxylic acids is 2. The molecule has 3 aromatic rings. The molecule has 0 saturated heterocycles. The normalized spacial score (nSPS) is 10.1. The molecular weight excluding hydrogens is 370 g/mol. The number of amides is 1. The fourth-order valence-corrected chi connectivity index (χ4v) is 2.52. The summed E-state index contributed by atoms with van der Waals surface area (Å²) in [5, 5.41) is 2.63. The third-order valence-corrected chi connectivity index (χ3v) is 3.81. The van der Waals surface area contributed by atoms with Gasteiger partial charge in [0, 0.05) is 18.7 Å². The molecule has 3 rings (SSSR count). The molecule has 0 aliphatic carbocycles. The van der Waals surface area contributed by atoms with Crippen molar-refractivity contribution < 1.29 is 23.8 Å². The number of rotatable bonds is 8. The molecule has 0 radical (unpaired) electrons. The monoisotopic (exact) mass is 391 g/mol. The van der Waals surface area contributed by atoms with Crippen molar-refractivity contribution in [3.63, 3.8) is 0 Å². The first-order valence-corrected chi connectivity index (χ1v) is 9.06. The number of hydrogen-bond acceptors (Lipinski definition) is 5. The summed E-state index contributed by atoms with van der Waals surface area (Å²) < 4.78 is 16.4. The molecule has 29 heavy (non-hydrogen) atoms. The second kappa shape index (κ2) is 9.94. The van der Waals surface area contributed by atoms with Gasteiger partial charge in [0.1, 0.15) is 23.9 Å². The summed E-state index contributed by atoms with van der Waals surface area (Å²) >= 11 is 0. The second-order valence-electron chi connectivity index (χ2n) is 6.22. The number of carbonyl (C=O) groups is 2. The molecule has 0 unspecified atom stereocenters. The smallest absolute Gasteiger partial charge is 0.349 e. The van der Waals surface area contributed by atoms with Crippen LogP contribution in [0.3, 0.4) is 0 Å². The molecule has 0 atom stereocenters. The Bertz CT molecular complexity index is 955.